The molecule has 2 aliphatic rings. The maximum atomic E-state index is 13.4. The van der Waals surface area contributed by atoms with Gasteiger partial charge in [0.25, 0.3) is 0 Å². The molecule has 10 heteroatoms. The highest BCUT2D eigenvalue weighted by Crippen LogP contribution is 2.42. The normalized spacial score (nSPS) is 26.3. The first-order valence-corrected chi connectivity index (χ1v) is 16.3. The van der Waals surface area contributed by atoms with Gasteiger partial charge in [-0.2, -0.15) is 0 Å². The minimum atomic E-state index is -1.47. The van der Waals surface area contributed by atoms with E-state index >= 15 is 0 Å². The van der Waals surface area contributed by atoms with E-state index < -0.39 is 49.3 Å². The Balaban J connectivity index is 1.22. The number of rotatable bonds is 10. The molecule has 0 radical (unpaired) electrons. The number of anilines is 1. The van der Waals surface area contributed by atoms with Crippen molar-refractivity contribution in [2.24, 2.45) is 0 Å². The predicted molar refractivity (Wildman–Crippen MR) is 180 cm³/mol. The van der Waals surface area contributed by atoms with E-state index in [9.17, 15) is 35.4 Å². The summed E-state index contributed by atoms with van der Waals surface area (Å²) in [7, 11) is 0. The second kappa shape index (κ2) is 14.4. The monoisotopic (exact) mass is 654 g/mol. The summed E-state index contributed by atoms with van der Waals surface area (Å²) < 4.78 is 5.68. The number of aliphatic hydroxyl groups is 5. The largest absolute Gasteiger partial charge is 0.508 e. The summed E-state index contributed by atoms with van der Waals surface area (Å²) in [5, 5.41) is 65.7. The Labute approximate surface area is 279 Å². The van der Waals surface area contributed by atoms with Gasteiger partial charge in [0.2, 0.25) is 0 Å². The summed E-state index contributed by atoms with van der Waals surface area (Å²) in [6.07, 6.45) is -5.10. The zero-order valence-corrected chi connectivity index (χ0v) is 26.6. The van der Waals surface area contributed by atoms with Gasteiger partial charge < -0.3 is 40.7 Å². The van der Waals surface area contributed by atoms with Crippen LogP contribution in [0.3, 0.4) is 0 Å². The first-order valence-electron chi connectivity index (χ1n) is 16.3. The van der Waals surface area contributed by atoms with Crippen LogP contribution in [0.15, 0.2) is 97.1 Å². The first-order chi connectivity index (χ1) is 23.2. The molecule has 4 aromatic carbocycles. The quantitative estimate of drug-likeness (QED) is 0.132. The molecule has 2 saturated heterocycles. The number of amides is 2. The van der Waals surface area contributed by atoms with Gasteiger partial charge in [-0.25, -0.2) is 4.79 Å². The number of urea groups is 1. The van der Waals surface area contributed by atoms with E-state index in [1.807, 2.05) is 73.7 Å². The molecular weight excluding hydrogens is 612 g/mol. The predicted octanol–water partition coefficient (Wildman–Crippen LogP) is 4.43. The minimum absolute atomic E-state index is 0.0256. The van der Waals surface area contributed by atoms with Gasteiger partial charge >= 0.3 is 6.03 Å². The molecule has 4 aromatic rings. The van der Waals surface area contributed by atoms with Crippen molar-refractivity contribution in [1.29, 1.82) is 0 Å². The fourth-order valence-corrected chi connectivity index (χ4v) is 6.77. The molecule has 0 saturated carbocycles. The highest BCUT2D eigenvalue weighted by atomic mass is 16.5. The van der Waals surface area contributed by atoms with Crippen molar-refractivity contribution in [3.8, 4) is 16.9 Å². The Morgan fingerprint density at radius 1 is 0.854 bits per heavy atom. The number of phenolic OH excluding ortho intramolecular Hbond substituents is 1. The molecule has 2 aliphatic heterocycles. The van der Waals surface area contributed by atoms with Gasteiger partial charge in [-0.15, -0.1) is 0 Å². The molecular formula is C38H42N2O8. The third-order valence-corrected chi connectivity index (χ3v) is 9.49. The number of benzene rings is 4. The second-order valence-corrected chi connectivity index (χ2v) is 12.7. The highest BCUT2D eigenvalue weighted by Gasteiger charge is 2.44. The fourth-order valence-electron chi connectivity index (χ4n) is 6.77. The highest BCUT2D eigenvalue weighted by molar-refractivity contribution is 5.96. The maximum Gasteiger partial charge on any atom is 0.322 e. The van der Waals surface area contributed by atoms with E-state index in [-0.39, 0.29) is 17.8 Å². The van der Waals surface area contributed by atoms with Crippen LogP contribution in [0, 0.1) is 6.92 Å². The van der Waals surface area contributed by atoms with Gasteiger partial charge in [-0.1, -0.05) is 84.4 Å². The molecule has 252 valence electrons. The Morgan fingerprint density at radius 2 is 1.54 bits per heavy atom. The number of hydrogen-bond donors (Lipinski definition) is 7. The molecule has 0 spiro atoms. The minimum Gasteiger partial charge on any atom is -0.508 e. The number of nitrogens with zero attached hydrogens (tertiary/aromatic N) is 1. The smallest absolute Gasteiger partial charge is 0.322 e. The van der Waals surface area contributed by atoms with Crippen molar-refractivity contribution in [3.05, 3.63) is 119 Å². The molecule has 7 N–H and O–H groups in total. The average Bonchev–Trinajstić information content (AvgIpc) is 3.43. The summed E-state index contributed by atoms with van der Waals surface area (Å²) in [5.74, 6) is 0.0256. The number of hydrogen-bond acceptors (Lipinski definition) is 8. The molecule has 2 heterocycles. The average molecular weight is 655 g/mol. The van der Waals surface area contributed by atoms with Gasteiger partial charge in [0.15, 0.2) is 0 Å². The number of phenols is 1. The summed E-state index contributed by atoms with van der Waals surface area (Å²) in [6.45, 7) is 1.49. The lowest BCUT2D eigenvalue weighted by Gasteiger charge is -2.40. The summed E-state index contributed by atoms with van der Waals surface area (Å²) >= 11 is 0. The summed E-state index contributed by atoms with van der Waals surface area (Å²) in [5.41, 5.74) is 5.32. The number of aromatic hydroxyl groups is 1. The molecule has 2 fully saturated rings. The third-order valence-electron chi connectivity index (χ3n) is 9.49. The van der Waals surface area contributed by atoms with Crippen molar-refractivity contribution in [2.45, 2.75) is 74.9 Å². The van der Waals surface area contributed by atoms with Crippen molar-refractivity contribution < 1.29 is 40.2 Å². The first kappa shape index (κ1) is 33.6. The zero-order valence-electron chi connectivity index (χ0n) is 26.6. The molecule has 10 nitrogen and oxygen atoms in total. The van der Waals surface area contributed by atoms with E-state index in [0.717, 1.165) is 22.3 Å². The molecule has 0 aromatic heterocycles. The number of aliphatic hydroxyl groups excluding tert-OH is 5. The lowest BCUT2D eigenvalue weighted by molar-refractivity contribution is -0.231. The van der Waals surface area contributed by atoms with Crippen molar-refractivity contribution in [3.63, 3.8) is 0 Å². The fraction of sp³-hybridized carbons (Fsp3) is 0.342. The Kier molecular flexibility index (Phi) is 10.1. The van der Waals surface area contributed by atoms with Crippen LogP contribution in [-0.4, -0.2) is 73.7 Å². The van der Waals surface area contributed by atoms with Gasteiger partial charge in [0.05, 0.1) is 24.8 Å². The number of nitrogens with one attached hydrogen (secondary N) is 1. The Hall–Kier alpha value is -4.29. The van der Waals surface area contributed by atoms with Crippen LogP contribution in [0.5, 0.6) is 5.75 Å². The number of carbonyl (C=O) groups is 1. The lowest BCUT2D eigenvalue weighted by atomic mass is 9.90. The lowest BCUT2D eigenvalue weighted by Crippen LogP contribution is -2.55. The van der Waals surface area contributed by atoms with Crippen LogP contribution >= 0.6 is 0 Å². The number of carbonyl (C=O) groups excluding carboxylic acids is 1. The van der Waals surface area contributed by atoms with Crippen molar-refractivity contribution in [1.82, 2.24) is 5.32 Å². The van der Waals surface area contributed by atoms with E-state index in [1.165, 1.54) is 0 Å². The molecule has 6 rings (SSSR count). The molecule has 8 atom stereocenters. The van der Waals surface area contributed by atoms with E-state index in [0.29, 0.717) is 36.1 Å². The number of ether oxygens (including phenoxy) is 1. The topological polar surface area (TPSA) is 163 Å². The van der Waals surface area contributed by atoms with Gasteiger partial charge in [0, 0.05) is 11.3 Å². The van der Waals surface area contributed by atoms with Crippen LogP contribution < -0.4 is 10.2 Å². The van der Waals surface area contributed by atoms with Crippen LogP contribution in [-0.2, 0) is 4.74 Å². The molecule has 48 heavy (non-hydrogen) atoms. The van der Waals surface area contributed by atoms with E-state index in [2.05, 4.69) is 5.32 Å². The van der Waals surface area contributed by atoms with Crippen molar-refractivity contribution >= 4 is 11.7 Å². The Morgan fingerprint density at radius 3 is 2.21 bits per heavy atom. The second-order valence-electron chi connectivity index (χ2n) is 12.7. The third kappa shape index (κ3) is 6.82. The van der Waals surface area contributed by atoms with Crippen molar-refractivity contribution in [2.75, 3.05) is 11.5 Å². The molecule has 0 bridgehead atoms. The standard InChI is InChI=1S/C38H42N2O8/c1-22-10-12-24(13-11-22)30(42)9-5-8-29-33(40(38(47)39-29)27-6-3-2-4-7-27)28-19-18-26(20-31(28)43)23-14-16-25(17-15-23)37-36(46)35(45)34(44)32(21-41)48-37/h2-4,6-7,10-20,29-30,32-37,41-46H,5,8-9,21H2,1H3,(H,39,47)/t29-,30-,32-,33-,34-,35+,36-,37+/m1/s1. The van der Waals surface area contributed by atoms with Gasteiger partial charge in [-0.3, -0.25) is 4.90 Å². The molecule has 0 aliphatic carbocycles. The van der Waals surface area contributed by atoms with E-state index in [4.69, 9.17) is 4.74 Å². The maximum absolute atomic E-state index is 13.4. The molecule has 2 amide bonds. The summed E-state index contributed by atoms with van der Waals surface area (Å²) in [6, 6.07) is 28.5. The van der Waals surface area contributed by atoms with Crippen LogP contribution in [0.1, 0.15) is 59.8 Å². The Bertz CT molecular complexity index is 1680. The van der Waals surface area contributed by atoms with Crippen LogP contribution in [0.2, 0.25) is 0 Å². The number of para-hydroxylation sites is 1. The van der Waals surface area contributed by atoms with Gasteiger partial charge in [-0.05, 0) is 66.6 Å². The summed E-state index contributed by atoms with van der Waals surface area (Å²) in [4.78, 5) is 15.1. The van der Waals surface area contributed by atoms with E-state index in [1.54, 1.807) is 35.2 Å². The number of aryl methyl sites for hydroxylation is 1. The van der Waals surface area contributed by atoms with Crippen LogP contribution in [0.4, 0.5) is 10.5 Å². The SMILES string of the molecule is Cc1ccc([C@H](O)CCC[C@H]2NC(=O)N(c3ccccc3)[C@@H]2c2ccc(-c3ccc([C@@H]4O[C@H](CO)[C@@H](O)[C@H](O)[C@H]4O)cc3)cc2O)cc1. The van der Waals surface area contributed by atoms with Crippen LogP contribution in [0.25, 0.3) is 11.1 Å². The molecule has 0 unspecified atom stereocenters. The van der Waals surface area contributed by atoms with Gasteiger partial charge in [0.1, 0.15) is 36.3 Å². The zero-order chi connectivity index (χ0) is 33.9.